The predicted molar refractivity (Wildman–Crippen MR) is 68.2 cm³/mol. The van der Waals surface area contributed by atoms with Crippen LogP contribution in [0.5, 0.6) is 17.2 Å². The molecule has 1 aromatic carbocycles. The first kappa shape index (κ1) is 13.6. The summed E-state index contributed by atoms with van der Waals surface area (Å²) in [5.74, 6) is 2.03. The zero-order chi connectivity index (χ0) is 12.7. The predicted octanol–water partition coefficient (Wildman–Crippen LogP) is 2.08. The number of hydrogen-bond donors (Lipinski definition) is 1. The van der Waals surface area contributed by atoms with Crippen LogP contribution in [0.15, 0.2) is 18.2 Å². The van der Waals surface area contributed by atoms with Crippen LogP contribution in [0, 0.1) is 0 Å². The Morgan fingerprint density at radius 3 is 2.24 bits per heavy atom. The van der Waals surface area contributed by atoms with E-state index in [1.54, 1.807) is 14.2 Å². The van der Waals surface area contributed by atoms with Crippen LogP contribution >= 0.6 is 0 Å². The summed E-state index contributed by atoms with van der Waals surface area (Å²) in [6.07, 6.45) is 0. The minimum Gasteiger partial charge on any atom is -0.493 e. The van der Waals surface area contributed by atoms with E-state index in [2.05, 4.69) is 19.2 Å². The third-order valence-electron chi connectivity index (χ3n) is 2.41. The summed E-state index contributed by atoms with van der Waals surface area (Å²) in [7, 11) is 3.24. The lowest BCUT2D eigenvalue weighted by Gasteiger charge is -2.17. The molecule has 0 aromatic heterocycles. The molecule has 96 valence electrons. The molecule has 0 aliphatic heterocycles. The van der Waals surface area contributed by atoms with Crippen molar-refractivity contribution in [3.05, 3.63) is 18.2 Å². The summed E-state index contributed by atoms with van der Waals surface area (Å²) in [6.45, 7) is 5.64. The zero-order valence-corrected chi connectivity index (χ0v) is 10.9. The van der Waals surface area contributed by atoms with Gasteiger partial charge in [-0.3, -0.25) is 0 Å². The van der Waals surface area contributed by atoms with Gasteiger partial charge in [0.1, 0.15) is 6.61 Å². The van der Waals surface area contributed by atoms with Gasteiger partial charge in [-0.15, -0.1) is 0 Å². The molecule has 0 fully saturated rings. The maximum atomic E-state index is 5.75. The number of nitrogens with one attached hydrogen (secondary N) is 1. The minimum absolute atomic E-state index is 0.287. The number of rotatable bonds is 7. The molecule has 4 nitrogen and oxygen atoms in total. The monoisotopic (exact) mass is 239 g/mol. The van der Waals surface area contributed by atoms with Gasteiger partial charge in [-0.1, -0.05) is 13.0 Å². The quantitative estimate of drug-likeness (QED) is 0.791. The molecule has 0 aliphatic carbocycles. The fourth-order valence-electron chi connectivity index (χ4n) is 1.58. The maximum Gasteiger partial charge on any atom is 0.203 e. The van der Waals surface area contributed by atoms with Gasteiger partial charge >= 0.3 is 0 Å². The molecule has 0 bridgehead atoms. The van der Waals surface area contributed by atoms with Gasteiger partial charge < -0.3 is 19.5 Å². The van der Waals surface area contributed by atoms with Crippen molar-refractivity contribution in [1.82, 2.24) is 5.32 Å². The molecular weight excluding hydrogens is 218 g/mol. The topological polar surface area (TPSA) is 39.7 Å². The van der Waals surface area contributed by atoms with Crippen molar-refractivity contribution in [2.24, 2.45) is 0 Å². The van der Waals surface area contributed by atoms with Crippen LogP contribution < -0.4 is 19.5 Å². The number of hydrogen-bond acceptors (Lipinski definition) is 4. The second-order valence-corrected chi connectivity index (χ2v) is 3.76. The van der Waals surface area contributed by atoms with Crippen LogP contribution in [-0.2, 0) is 0 Å². The maximum absolute atomic E-state index is 5.75. The van der Waals surface area contributed by atoms with Gasteiger partial charge in [0.05, 0.1) is 14.2 Å². The Bertz CT molecular complexity index is 319. The summed E-state index contributed by atoms with van der Waals surface area (Å²) in [5.41, 5.74) is 0. The largest absolute Gasteiger partial charge is 0.493 e. The van der Waals surface area contributed by atoms with Gasteiger partial charge in [0.2, 0.25) is 5.75 Å². The van der Waals surface area contributed by atoms with Crippen LogP contribution in [0.4, 0.5) is 0 Å². The molecule has 1 N–H and O–H groups in total. The van der Waals surface area contributed by atoms with E-state index in [-0.39, 0.29) is 6.04 Å². The number of ether oxygens (including phenoxy) is 3. The molecule has 1 unspecified atom stereocenters. The lowest BCUT2D eigenvalue weighted by atomic mass is 10.3. The van der Waals surface area contributed by atoms with E-state index in [1.165, 1.54) is 0 Å². The van der Waals surface area contributed by atoms with E-state index in [4.69, 9.17) is 14.2 Å². The first-order chi connectivity index (χ1) is 8.22. The average molecular weight is 239 g/mol. The second-order valence-electron chi connectivity index (χ2n) is 3.76. The fourth-order valence-corrected chi connectivity index (χ4v) is 1.58. The van der Waals surface area contributed by atoms with Gasteiger partial charge in [-0.05, 0) is 25.6 Å². The van der Waals surface area contributed by atoms with Crippen molar-refractivity contribution in [3.63, 3.8) is 0 Å². The van der Waals surface area contributed by atoms with E-state index in [9.17, 15) is 0 Å². The highest BCUT2D eigenvalue weighted by Crippen LogP contribution is 2.36. The van der Waals surface area contributed by atoms with E-state index >= 15 is 0 Å². The number of para-hydroxylation sites is 1. The van der Waals surface area contributed by atoms with Crippen molar-refractivity contribution in [3.8, 4) is 17.2 Å². The minimum atomic E-state index is 0.287. The summed E-state index contributed by atoms with van der Waals surface area (Å²) >= 11 is 0. The molecule has 1 rings (SSSR count). The molecular formula is C13H21NO3. The molecule has 0 amide bonds. The number of likely N-dealkylation sites (N-methyl/N-ethyl adjacent to an activating group) is 1. The van der Waals surface area contributed by atoms with Gasteiger partial charge in [0, 0.05) is 6.04 Å². The number of methoxy groups -OCH3 is 2. The van der Waals surface area contributed by atoms with Crippen molar-refractivity contribution in [2.75, 3.05) is 27.4 Å². The van der Waals surface area contributed by atoms with Crippen LogP contribution in [0.3, 0.4) is 0 Å². The SMILES string of the molecule is CCNC(C)COc1c(OC)cccc1OC. The molecule has 0 heterocycles. The molecule has 17 heavy (non-hydrogen) atoms. The molecule has 0 radical (unpaired) electrons. The van der Waals surface area contributed by atoms with Gasteiger partial charge in [0.15, 0.2) is 11.5 Å². The van der Waals surface area contributed by atoms with Crippen molar-refractivity contribution in [1.29, 1.82) is 0 Å². The van der Waals surface area contributed by atoms with E-state index in [0.717, 1.165) is 6.54 Å². The van der Waals surface area contributed by atoms with Crippen LogP contribution in [0.1, 0.15) is 13.8 Å². The molecule has 0 saturated heterocycles. The van der Waals surface area contributed by atoms with E-state index < -0.39 is 0 Å². The Balaban J connectivity index is 2.74. The van der Waals surface area contributed by atoms with Crippen LogP contribution in [-0.4, -0.2) is 33.4 Å². The summed E-state index contributed by atoms with van der Waals surface area (Å²) < 4.78 is 16.3. The molecule has 0 spiro atoms. The van der Waals surface area contributed by atoms with Crippen molar-refractivity contribution in [2.45, 2.75) is 19.9 Å². The first-order valence-electron chi connectivity index (χ1n) is 5.80. The standard InChI is InChI=1S/C13H21NO3/c1-5-14-10(2)9-17-13-11(15-3)7-6-8-12(13)16-4/h6-8,10,14H,5,9H2,1-4H3. The van der Waals surface area contributed by atoms with Crippen molar-refractivity contribution < 1.29 is 14.2 Å². The number of benzene rings is 1. The van der Waals surface area contributed by atoms with E-state index in [1.807, 2.05) is 18.2 Å². The normalized spacial score (nSPS) is 12.0. The molecule has 0 saturated carbocycles. The molecule has 4 heteroatoms. The summed E-state index contributed by atoms with van der Waals surface area (Å²) in [6, 6.07) is 5.87. The smallest absolute Gasteiger partial charge is 0.203 e. The van der Waals surface area contributed by atoms with Crippen LogP contribution in [0.25, 0.3) is 0 Å². The molecule has 1 atom stereocenters. The first-order valence-corrected chi connectivity index (χ1v) is 5.80. The Morgan fingerprint density at radius 2 is 1.76 bits per heavy atom. The Kier molecular flexibility index (Phi) is 5.63. The van der Waals surface area contributed by atoms with Gasteiger partial charge in [-0.2, -0.15) is 0 Å². The van der Waals surface area contributed by atoms with Gasteiger partial charge in [-0.25, -0.2) is 0 Å². The van der Waals surface area contributed by atoms with Crippen molar-refractivity contribution >= 4 is 0 Å². The highest BCUT2D eigenvalue weighted by atomic mass is 16.5. The molecule has 1 aromatic rings. The van der Waals surface area contributed by atoms with E-state index in [0.29, 0.717) is 23.9 Å². The zero-order valence-electron chi connectivity index (χ0n) is 10.9. The fraction of sp³-hybridized carbons (Fsp3) is 0.538. The third-order valence-corrected chi connectivity index (χ3v) is 2.41. The Morgan fingerprint density at radius 1 is 1.18 bits per heavy atom. The third kappa shape index (κ3) is 3.82. The lowest BCUT2D eigenvalue weighted by molar-refractivity contribution is 0.247. The van der Waals surface area contributed by atoms with Gasteiger partial charge in [0.25, 0.3) is 0 Å². The lowest BCUT2D eigenvalue weighted by Crippen LogP contribution is -2.31. The summed E-state index contributed by atoms with van der Waals surface area (Å²) in [4.78, 5) is 0. The highest BCUT2D eigenvalue weighted by Gasteiger charge is 2.12. The van der Waals surface area contributed by atoms with Crippen LogP contribution in [0.2, 0.25) is 0 Å². The average Bonchev–Trinajstić information content (AvgIpc) is 2.36. The Hall–Kier alpha value is -1.42. The second kappa shape index (κ2) is 7.01. The highest BCUT2D eigenvalue weighted by molar-refractivity contribution is 5.51. The molecule has 0 aliphatic rings. The summed E-state index contributed by atoms with van der Waals surface area (Å²) in [5, 5.41) is 3.28. The Labute approximate surface area is 103 Å².